The van der Waals surface area contributed by atoms with Gasteiger partial charge in [-0.05, 0) is 24.6 Å². The molecule has 0 bridgehead atoms. The molecule has 1 unspecified atom stereocenters. The van der Waals surface area contributed by atoms with Crippen LogP contribution in [0.4, 0.5) is 8.78 Å². The number of carboxylic acids is 1. The van der Waals surface area contributed by atoms with Gasteiger partial charge in [0.15, 0.2) is 5.69 Å². The summed E-state index contributed by atoms with van der Waals surface area (Å²) in [5.41, 5.74) is -0.895. The Kier molecular flexibility index (Phi) is 3.30. The number of benzene rings is 1. The van der Waals surface area contributed by atoms with Crippen LogP contribution in [0.5, 0.6) is 0 Å². The van der Waals surface area contributed by atoms with Crippen molar-refractivity contribution in [2.45, 2.75) is 13.0 Å². The van der Waals surface area contributed by atoms with Crippen LogP contribution >= 0.6 is 0 Å². The normalized spacial score (nSPS) is 12.4. The van der Waals surface area contributed by atoms with Crippen LogP contribution in [0.25, 0.3) is 0 Å². The van der Waals surface area contributed by atoms with Crippen molar-refractivity contribution >= 4 is 5.97 Å². The number of carboxylic acid groups (broad SMARTS) is 1. The molecule has 0 radical (unpaired) electrons. The lowest BCUT2D eigenvalue weighted by molar-refractivity contribution is 0.0685. The van der Waals surface area contributed by atoms with Crippen LogP contribution in [0.1, 0.15) is 33.4 Å². The monoisotopic (exact) mass is 268 g/mol. The van der Waals surface area contributed by atoms with Gasteiger partial charge in [-0.3, -0.25) is 0 Å². The van der Waals surface area contributed by atoms with Crippen molar-refractivity contribution in [3.63, 3.8) is 0 Å². The van der Waals surface area contributed by atoms with E-state index in [-0.39, 0.29) is 16.8 Å². The number of carbonyl (C=O) groups is 1. The summed E-state index contributed by atoms with van der Waals surface area (Å²) in [5, 5.41) is 18.8. The molecular weight excluding hydrogens is 258 g/mol. The van der Waals surface area contributed by atoms with Gasteiger partial charge in [0, 0.05) is 5.56 Å². The third-order valence-corrected chi connectivity index (χ3v) is 2.72. The smallest absolute Gasteiger partial charge is 0.356 e. The number of nitrogens with zero attached hydrogens (tertiary/aromatic N) is 1. The average molecular weight is 268 g/mol. The van der Waals surface area contributed by atoms with Crippen LogP contribution in [0.2, 0.25) is 0 Å². The van der Waals surface area contributed by atoms with Gasteiger partial charge < -0.3 is 15.2 Å². The second-order valence-electron chi connectivity index (χ2n) is 4.00. The van der Waals surface area contributed by atoms with Gasteiger partial charge in [-0.1, -0.05) is 0 Å². The third kappa shape index (κ3) is 2.32. The molecule has 1 heterocycles. The van der Waals surface area contributed by atoms with Crippen LogP contribution in [0.3, 0.4) is 0 Å². The van der Waals surface area contributed by atoms with Gasteiger partial charge >= 0.3 is 5.97 Å². The Morgan fingerprint density at radius 1 is 1.37 bits per heavy atom. The van der Waals surface area contributed by atoms with Crippen molar-refractivity contribution in [2.24, 2.45) is 0 Å². The Hall–Kier alpha value is -2.28. The fourth-order valence-corrected chi connectivity index (χ4v) is 1.71. The first-order valence-electron chi connectivity index (χ1n) is 5.32. The number of aliphatic hydroxyl groups excluding tert-OH is 1. The molecule has 0 spiro atoms. The van der Waals surface area contributed by atoms with Crippen LogP contribution < -0.4 is 0 Å². The molecule has 0 saturated carbocycles. The van der Waals surface area contributed by atoms with Crippen LogP contribution in [-0.4, -0.2) is 26.2 Å². The maximum atomic E-state index is 13.7. The van der Waals surface area contributed by atoms with E-state index in [1.54, 1.807) is 0 Å². The maximum absolute atomic E-state index is 13.7. The van der Waals surface area contributed by atoms with Crippen LogP contribution in [0, 0.1) is 18.6 Å². The first-order valence-corrected chi connectivity index (χ1v) is 5.32. The second kappa shape index (κ2) is 4.77. The van der Waals surface area contributed by atoms with E-state index in [0.717, 1.165) is 18.5 Å². The molecule has 5 nitrogen and oxygen atoms in total. The SMILES string of the molecule is Cc1cc(F)c(C(O)c2[nH]cnc2C(=O)O)cc1F. The summed E-state index contributed by atoms with van der Waals surface area (Å²) in [5.74, 6) is -2.88. The summed E-state index contributed by atoms with van der Waals surface area (Å²) in [7, 11) is 0. The predicted molar refractivity (Wildman–Crippen MR) is 60.7 cm³/mol. The standard InChI is InChI=1S/C12H10F2N2O3/c1-5-2-8(14)6(3-7(5)13)11(17)9-10(12(18)19)16-4-15-9/h2-4,11,17H,1H3,(H,15,16)(H,18,19). The number of hydrogen-bond donors (Lipinski definition) is 3. The minimum atomic E-state index is -1.64. The molecule has 3 N–H and O–H groups in total. The molecule has 0 aliphatic carbocycles. The van der Waals surface area contributed by atoms with Crippen LogP contribution in [-0.2, 0) is 0 Å². The lowest BCUT2D eigenvalue weighted by Crippen LogP contribution is -2.10. The number of aliphatic hydroxyl groups is 1. The minimum absolute atomic E-state index is 0.0940. The molecule has 2 aromatic rings. The van der Waals surface area contributed by atoms with Gasteiger partial charge in [-0.15, -0.1) is 0 Å². The minimum Gasteiger partial charge on any atom is -0.476 e. The van der Waals surface area contributed by atoms with Crippen molar-refractivity contribution in [3.8, 4) is 0 Å². The Morgan fingerprint density at radius 3 is 2.68 bits per heavy atom. The van der Waals surface area contributed by atoms with E-state index >= 15 is 0 Å². The summed E-state index contributed by atoms with van der Waals surface area (Å²) in [6, 6.07) is 1.77. The van der Waals surface area contributed by atoms with Crippen molar-refractivity contribution in [1.82, 2.24) is 9.97 Å². The van der Waals surface area contributed by atoms with E-state index in [9.17, 15) is 18.7 Å². The van der Waals surface area contributed by atoms with Crippen molar-refractivity contribution < 1.29 is 23.8 Å². The molecule has 0 aliphatic rings. The molecule has 100 valence electrons. The lowest BCUT2D eigenvalue weighted by atomic mass is 10.0. The van der Waals surface area contributed by atoms with E-state index in [4.69, 9.17) is 5.11 Å². The highest BCUT2D eigenvalue weighted by Gasteiger charge is 2.24. The van der Waals surface area contributed by atoms with Crippen LogP contribution in [0.15, 0.2) is 18.5 Å². The zero-order valence-corrected chi connectivity index (χ0v) is 9.82. The van der Waals surface area contributed by atoms with Crippen molar-refractivity contribution in [1.29, 1.82) is 0 Å². The van der Waals surface area contributed by atoms with Gasteiger partial charge in [-0.25, -0.2) is 18.6 Å². The zero-order chi connectivity index (χ0) is 14.2. The number of nitrogens with one attached hydrogen (secondary N) is 1. The average Bonchev–Trinajstić information content (AvgIpc) is 2.82. The number of imidazole rings is 1. The fraction of sp³-hybridized carbons (Fsp3) is 0.167. The van der Waals surface area contributed by atoms with Gasteiger partial charge in [0.1, 0.15) is 17.7 Å². The third-order valence-electron chi connectivity index (χ3n) is 2.72. The van der Waals surface area contributed by atoms with E-state index in [2.05, 4.69) is 9.97 Å². The Morgan fingerprint density at radius 2 is 2.05 bits per heavy atom. The number of H-pyrrole nitrogens is 1. The first kappa shape index (κ1) is 13.2. The van der Waals surface area contributed by atoms with E-state index in [0.29, 0.717) is 0 Å². The second-order valence-corrected chi connectivity index (χ2v) is 4.00. The maximum Gasteiger partial charge on any atom is 0.356 e. The number of hydrogen-bond acceptors (Lipinski definition) is 3. The van der Waals surface area contributed by atoms with E-state index < -0.39 is 29.4 Å². The van der Waals surface area contributed by atoms with Crippen molar-refractivity contribution in [2.75, 3.05) is 0 Å². The number of aromatic carboxylic acids is 1. The molecule has 0 saturated heterocycles. The number of halogens is 2. The molecule has 19 heavy (non-hydrogen) atoms. The fourth-order valence-electron chi connectivity index (χ4n) is 1.71. The van der Waals surface area contributed by atoms with E-state index in [1.807, 2.05) is 0 Å². The topological polar surface area (TPSA) is 86.2 Å². The summed E-state index contributed by atoms with van der Waals surface area (Å²) in [6.45, 7) is 1.38. The summed E-state index contributed by atoms with van der Waals surface area (Å²) in [6.07, 6.45) is -0.575. The lowest BCUT2D eigenvalue weighted by Gasteiger charge is -2.12. The highest BCUT2D eigenvalue weighted by molar-refractivity contribution is 5.86. The molecule has 1 aromatic heterocycles. The first-order chi connectivity index (χ1) is 8.91. The van der Waals surface area contributed by atoms with Crippen molar-refractivity contribution in [3.05, 3.63) is 52.6 Å². The Bertz CT molecular complexity index is 640. The Labute approximate surface area is 106 Å². The highest BCUT2D eigenvalue weighted by Crippen LogP contribution is 2.26. The largest absolute Gasteiger partial charge is 0.476 e. The molecule has 0 aliphatic heterocycles. The molecule has 0 fully saturated rings. The molecule has 1 aromatic carbocycles. The zero-order valence-electron chi connectivity index (χ0n) is 9.82. The van der Waals surface area contributed by atoms with E-state index in [1.165, 1.54) is 6.92 Å². The number of aromatic amines is 1. The molecular formula is C12H10F2N2O3. The van der Waals surface area contributed by atoms with Gasteiger partial charge in [-0.2, -0.15) is 0 Å². The quantitative estimate of drug-likeness (QED) is 0.792. The summed E-state index contributed by atoms with van der Waals surface area (Å²) in [4.78, 5) is 16.8. The highest BCUT2D eigenvalue weighted by atomic mass is 19.1. The molecule has 7 heteroatoms. The predicted octanol–water partition coefficient (Wildman–Crippen LogP) is 1.78. The molecule has 2 rings (SSSR count). The summed E-state index contributed by atoms with van der Waals surface area (Å²) >= 11 is 0. The summed E-state index contributed by atoms with van der Waals surface area (Å²) < 4.78 is 27.1. The van der Waals surface area contributed by atoms with Gasteiger partial charge in [0.2, 0.25) is 0 Å². The molecule has 1 atom stereocenters. The number of rotatable bonds is 3. The Balaban J connectivity index is 2.50. The van der Waals surface area contributed by atoms with Gasteiger partial charge in [0.25, 0.3) is 0 Å². The number of aryl methyl sites for hydroxylation is 1. The molecule has 0 amide bonds. The number of aromatic nitrogens is 2. The van der Waals surface area contributed by atoms with Gasteiger partial charge in [0.05, 0.1) is 12.0 Å².